The lowest BCUT2D eigenvalue weighted by Gasteiger charge is -2.19. The molecule has 3 rings (SSSR count). The fourth-order valence-electron chi connectivity index (χ4n) is 2.80. The van der Waals surface area contributed by atoms with Crippen LogP contribution in [-0.2, 0) is 15.3 Å². The molecule has 2 aromatic rings. The Morgan fingerprint density at radius 1 is 1.12 bits per heavy atom. The van der Waals surface area contributed by atoms with Crippen LogP contribution in [0.1, 0.15) is 32.8 Å². The lowest BCUT2D eigenvalue weighted by atomic mass is 9.87. The van der Waals surface area contributed by atoms with Crippen LogP contribution in [0.15, 0.2) is 36.5 Å². The van der Waals surface area contributed by atoms with Gasteiger partial charge in [-0.2, -0.15) is 4.98 Å². The van der Waals surface area contributed by atoms with Gasteiger partial charge in [-0.05, 0) is 35.6 Å². The summed E-state index contributed by atoms with van der Waals surface area (Å²) in [5.41, 5.74) is 2.28. The minimum atomic E-state index is -2.91. The molecule has 0 aliphatic carbocycles. The first-order valence-electron chi connectivity index (χ1n) is 8.39. The van der Waals surface area contributed by atoms with E-state index < -0.39 is 9.84 Å². The molecule has 2 heterocycles. The molecular weight excluding hydrogens is 336 g/mol. The van der Waals surface area contributed by atoms with Gasteiger partial charge in [-0.3, -0.25) is 0 Å². The van der Waals surface area contributed by atoms with Crippen LogP contribution in [0.4, 0.5) is 17.5 Å². The molecule has 0 bridgehead atoms. The average molecular weight is 360 g/mol. The van der Waals surface area contributed by atoms with Gasteiger partial charge in [0, 0.05) is 17.9 Å². The van der Waals surface area contributed by atoms with Crippen LogP contribution in [0.3, 0.4) is 0 Å². The predicted molar refractivity (Wildman–Crippen MR) is 101 cm³/mol. The van der Waals surface area contributed by atoms with Gasteiger partial charge in [0.05, 0.1) is 11.5 Å². The van der Waals surface area contributed by atoms with Gasteiger partial charge in [-0.1, -0.05) is 32.9 Å². The molecule has 7 heteroatoms. The summed E-state index contributed by atoms with van der Waals surface area (Å²) < 4.78 is 23.1. The summed E-state index contributed by atoms with van der Waals surface area (Å²) in [6.45, 7) is 6.53. The third kappa shape index (κ3) is 4.69. The molecule has 0 amide bonds. The van der Waals surface area contributed by atoms with Crippen LogP contribution in [-0.4, -0.2) is 35.9 Å². The Hall–Kier alpha value is -2.15. The molecule has 1 aromatic heterocycles. The fourth-order valence-corrected chi connectivity index (χ4v) is 4.47. The van der Waals surface area contributed by atoms with Crippen LogP contribution in [0.25, 0.3) is 0 Å². The Bertz CT molecular complexity index is 842. The van der Waals surface area contributed by atoms with E-state index in [0.717, 1.165) is 5.69 Å². The summed E-state index contributed by atoms with van der Waals surface area (Å²) in [5.74, 6) is 1.51. The third-order valence-electron chi connectivity index (χ3n) is 4.25. The molecule has 1 aliphatic heterocycles. The number of benzene rings is 1. The van der Waals surface area contributed by atoms with E-state index in [4.69, 9.17) is 0 Å². The maximum atomic E-state index is 11.6. The Kier molecular flexibility index (Phi) is 4.69. The number of nitrogens with zero attached hydrogens (tertiary/aromatic N) is 2. The number of nitrogens with one attached hydrogen (secondary N) is 2. The number of sulfone groups is 1. The zero-order valence-corrected chi connectivity index (χ0v) is 15.6. The molecule has 1 unspecified atom stereocenters. The maximum absolute atomic E-state index is 11.6. The molecule has 1 fully saturated rings. The van der Waals surface area contributed by atoms with Crippen LogP contribution in [0.5, 0.6) is 0 Å². The van der Waals surface area contributed by atoms with Gasteiger partial charge in [-0.25, -0.2) is 13.4 Å². The largest absolute Gasteiger partial charge is 0.366 e. The topological polar surface area (TPSA) is 84.0 Å². The first-order valence-corrected chi connectivity index (χ1v) is 10.2. The lowest BCUT2D eigenvalue weighted by molar-refractivity contribution is 0.590. The lowest BCUT2D eigenvalue weighted by Crippen LogP contribution is -2.21. The monoisotopic (exact) mass is 360 g/mol. The van der Waals surface area contributed by atoms with Crippen molar-refractivity contribution in [2.75, 3.05) is 22.1 Å². The van der Waals surface area contributed by atoms with Crippen LogP contribution >= 0.6 is 0 Å². The quantitative estimate of drug-likeness (QED) is 0.871. The molecule has 6 nitrogen and oxygen atoms in total. The van der Waals surface area contributed by atoms with Gasteiger partial charge in [0.2, 0.25) is 5.95 Å². The van der Waals surface area contributed by atoms with E-state index >= 15 is 0 Å². The highest BCUT2D eigenvalue weighted by molar-refractivity contribution is 7.91. The van der Waals surface area contributed by atoms with Crippen molar-refractivity contribution in [3.8, 4) is 0 Å². The zero-order valence-electron chi connectivity index (χ0n) is 14.8. The van der Waals surface area contributed by atoms with Crippen molar-refractivity contribution < 1.29 is 8.42 Å². The second kappa shape index (κ2) is 6.63. The highest BCUT2D eigenvalue weighted by Crippen LogP contribution is 2.24. The highest BCUT2D eigenvalue weighted by atomic mass is 32.2. The van der Waals surface area contributed by atoms with Gasteiger partial charge >= 0.3 is 0 Å². The van der Waals surface area contributed by atoms with Crippen molar-refractivity contribution >= 4 is 27.3 Å². The smallest absolute Gasteiger partial charge is 0.229 e. The fraction of sp³-hybridized carbons (Fsp3) is 0.444. The van der Waals surface area contributed by atoms with Crippen molar-refractivity contribution in [1.29, 1.82) is 0 Å². The summed E-state index contributed by atoms with van der Waals surface area (Å²) in [4.78, 5) is 8.65. The number of hydrogen-bond donors (Lipinski definition) is 2. The van der Waals surface area contributed by atoms with Gasteiger partial charge in [0.15, 0.2) is 9.84 Å². The number of hydrogen-bond acceptors (Lipinski definition) is 6. The van der Waals surface area contributed by atoms with E-state index in [2.05, 4.69) is 53.5 Å². The van der Waals surface area contributed by atoms with E-state index in [9.17, 15) is 8.42 Å². The summed E-state index contributed by atoms with van der Waals surface area (Å²) in [7, 11) is -2.91. The van der Waals surface area contributed by atoms with Crippen molar-refractivity contribution in [3.63, 3.8) is 0 Å². The molecule has 25 heavy (non-hydrogen) atoms. The minimum Gasteiger partial charge on any atom is -0.366 e. The standard InChI is InChI=1S/C18H24N4O2S/c1-18(2,3)13-4-6-14(7-5-13)21-17-19-10-8-16(22-17)20-15-9-11-25(23,24)12-15/h4-8,10,15H,9,11-12H2,1-3H3,(H2,19,20,21,22). The Labute approximate surface area is 149 Å². The third-order valence-corrected chi connectivity index (χ3v) is 6.02. The first kappa shape index (κ1) is 17.7. The van der Waals surface area contributed by atoms with Gasteiger partial charge in [0.1, 0.15) is 5.82 Å². The van der Waals surface area contributed by atoms with Crippen LogP contribution in [0.2, 0.25) is 0 Å². The SMILES string of the molecule is CC(C)(C)c1ccc(Nc2nccc(NC3CCS(=O)(=O)C3)n2)cc1. The summed E-state index contributed by atoms with van der Waals surface area (Å²) in [6, 6.07) is 9.86. The predicted octanol–water partition coefficient (Wildman–Crippen LogP) is 3.12. The summed E-state index contributed by atoms with van der Waals surface area (Å²) >= 11 is 0. The molecular formula is C18H24N4O2S. The summed E-state index contributed by atoms with van der Waals surface area (Å²) in [6.07, 6.45) is 2.27. The molecule has 1 saturated heterocycles. The maximum Gasteiger partial charge on any atom is 0.229 e. The van der Waals surface area contributed by atoms with Crippen LogP contribution < -0.4 is 10.6 Å². The first-order chi connectivity index (χ1) is 11.7. The van der Waals surface area contributed by atoms with Crippen LogP contribution in [0, 0.1) is 0 Å². The second-order valence-electron chi connectivity index (χ2n) is 7.46. The van der Waals surface area contributed by atoms with Crippen molar-refractivity contribution in [2.45, 2.75) is 38.6 Å². The number of rotatable bonds is 4. The van der Waals surface area contributed by atoms with Gasteiger partial charge in [0.25, 0.3) is 0 Å². The van der Waals surface area contributed by atoms with E-state index in [1.807, 2.05) is 12.1 Å². The normalized spacial score (nSPS) is 19.6. The summed E-state index contributed by atoms with van der Waals surface area (Å²) in [5, 5.41) is 6.37. The number of anilines is 3. The second-order valence-corrected chi connectivity index (χ2v) is 9.69. The molecule has 2 N–H and O–H groups in total. The minimum absolute atomic E-state index is 0.0844. The Morgan fingerprint density at radius 3 is 2.44 bits per heavy atom. The molecule has 0 spiro atoms. The van der Waals surface area contributed by atoms with E-state index in [1.165, 1.54) is 5.56 Å². The van der Waals surface area contributed by atoms with E-state index in [1.54, 1.807) is 12.3 Å². The number of aromatic nitrogens is 2. The van der Waals surface area contributed by atoms with Crippen molar-refractivity contribution in [2.24, 2.45) is 0 Å². The molecule has 134 valence electrons. The Morgan fingerprint density at radius 2 is 1.84 bits per heavy atom. The van der Waals surface area contributed by atoms with Gasteiger partial charge < -0.3 is 10.6 Å². The van der Waals surface area contributed by atoms with Crippen molar-refractivity contribution in [3.05, 3.63) is 42.1 Å². The van der Waals surface area contributed by atoms with E-state index in [-0.39, 0.29) is 23.0 Å². The molecule has 0 radical (unpaired) electrons. The molecule has 0 saturated carbocycles. The highest BCUT2D eigenvalue weighted by Gasteiger charge is 2.27. The van der Waals surface area contributed by atoms with E-state index in [0.29, 0.717) is 18.2 Å². The van der Waals surface area contributed by atoms with Gasteiger partial charge in [-0.15, -0.1) is 0 Å². The molecule has 1 atom stereocenters. The van der Waals surface area contributed by atoms with Crippen molar-refractivity contribution in [1.82, 2.24) is 9.97 Å². The average Bonchev–Trinajstić information content (AvgIpc) is 2.86. The Balaban J connectivity index is 1.67. The molecule has 1 aliphatic rings. The molecule has 1 aromatic carbocycles. The zero-order chi connectivity index (χ0) is 18.1.